The van der Waals surface area contributed by atoms with Gasteiger partial charge in [-0.25, -0.2) is 27.0 Å². The van der Waals surface area contributed by atoms with Crippen LogP contribution in [0.5, 0.6) is 11.5 Å². The number of nitrogens with one attached hydrogen (secondary N) is 1. The van der Waals surface area contributed by atoms with Gasteiger partial charge in [0.25, 0.3) is 10.0 Å². The molecule has 3 aromatic rings. The highest BCUT2D eigenvalue weighted by molar-refractivity contribution is 7.92. The van der Waals surface area contributed by atoms with Gasteiger partial charge in [-0.2, -0.15) is 4.98 Å². The first-order valence-electron chi connectivity index (χ1n) is 12.9. The number of hydrogen-bond donors (Lipinski definition) is 1. The average molecular weight is 607 g/mol. The molecule has 0 aliphatic rings. The number of rotatable bonds is 11. The molecule has 1 aromatic heterocycles. The second-order valence-electron chi connectivity index (χ2n) is 8.97. The van der Waals surface area contributed by atoms with Gasteiger partial charge in [0.15, 0.2) is 29.0 Å². The first-order chi connectivity index (χ1) is 19.8. The van der Waals surface area contributed by atoms with Crippen molar-refractivity contribution in [3.8, 4) is 11.5 Å². The SMILES string of the molecule is CCC(=O)Oc1c(Nc2nc(N(CC)CC)ncc2N(C)S(=O)(=O)c2ccc(F)c(F)c2)cccc1OC(=O)N(C)C. The number of halogens is 2. The van der Waals surface area contributed by atoms with E-state index in [-0.39, 0.29) is 41.1 Å². The summed E-state index contributed by atoms with van der Waals surface area (Å²) in [7, 11) is -0.266. The minimum absolute atomic E-state index is 0.00940. The maximum atomic E-state index is 13.9. The molecule has 0 saturated heterocycles. The number of esters is 1. The Hall–Kier alpha value is -4.53. The van der Waals surface area contributed by atoms with E-state index in [1.54, 1.807) is 6.92 Å². The molecule has 226 valence electrons. The average Bonchev–Trinajstić information content (AvgIpc) is 2.96. The first-order valence-corrected chi connectivity index (χ1v) is 14.3. The summed E-state index contributed by atoms with van der Waals surface area (Å²) in [4.78, 5) is 36.0. The third-order valence-corrected chi connectivity index (χ3v) is 7.76. The van der Waals surface area contributed by atoms with Gasteiger partial charge in [-0.05, 0) is 44.2 Å². The summed E-state index contributed by atoms with van der Waals surface area (Å²) in [6, 6.07) is 6.68. The third kappa shape index (κ3) is 7.02. The highest BCUT2D eigenvalue weighted by Gasteiger charge is 2.28. The number of nitrogens with zero attached hydrogens (tertiary/aromatic N) is 5. The van der Waals surface area contributed by atoms with Crippen molar-refractivity contribution in [2.75, 3.05) is 48.8 Å². The summed E-state index contributed by atoms with van der Waals surface area (Å²) in [5.74, 6) is -3.16. The van der Waals surface area contributed by atoms with Gasteiger partial charge in [0, 0.05) is 40.7 Å². The fourth-order valence-corrected chi connectivity index (χ4v) is 4.77. The highest BCUT2D eigenvalue weighted by atomic mass is 32.2. The van der Waals surface area contributed by atoms with Crippen LogP contribution in [0.25, 0.3) is 0 Å². The Labute approximate surface area is 242 Å². The molecule has 0 fully saturated rings. The van der Waals surface area contributed by atoms with Gasteiger partial charge in [0.2, 0.25) is 5.95 Å². The summed E-state index contributed by atoms with van der Waals surface area (Å²) < 4.78 is 66.0. The smallest absolute Gasteiger partial charge is 0.414 e. The van der Waals surface area contributed by atoms with Crippen molar-refractivity contribution in [2.24, 2.45) is 0 Å². The van der Waals surface area contributed by atoms with Gasteiger partial charge in [-0.1, -0.05) is 13.0 Å². The maximum Gasteiger partial charge on any atom is 0.414 e. The van der Waals surface area contributed by atoms with Gasteiger partial charge in [-0.3, -0.25) is 9.10 Å². The van der Waals surface area contributed by atoms with E-state index < -0.39 is 38.6 Å². The molecule has 0 radical (unpaired) electrons. The summed E-state index contributed by atoms with van der Waals surface area (Å²) in [6.45, 7) is 6.43. The molecule has 42 heavy (non-hydrogen) atoms. The van der Waals surface area contributed by atoms with Gasteiger partial charge in [0.1, 0.15) is 5.69 Å². The molecule has 2 aromatic carbocycles. The number of amides is 1. The van der Waals surface area contributed by atoms with Crippen LogP contribution in [0.2, 0.25) is 0 Å². The van der Waals surface area contributed by atoms with Crippen LogP contribution in [0.3, 0.4) is 0 Å². The van der Waals surface area contributed by atoms with Crippen LogP contribution in [0.4, 0.5) is 36.7 Å². The Balaban J connectivity index is 2.19. The second kappa shape index (κ2) is 13.4. The highest BCUT2D eigenvalue weighted by Crippen LogP contribution is 2.40. The first kappa shape index (κ1) is 32.0. The minimum atomic E-state index is -4.42. The fourth-order valence-electron chi connectivity index (χ4n) is 3.57. The molecule has 0 saturated carbocycles. The third-order valence-electron chi connectivity index (χ3n) is 5.99. The number of para-hydroxylation sites is 1. The Morgan fingerprint density at radius 1 is 0.976 bits per heavy atom. The number of benzene rings is 2. The topological polar surface area (TPSA) is 134 Å². The van der Waals surface area contributed by atoms with E-state index in [4.69, 9.17) is 9.47 Å². The van der Waals surface area contributed by atoms with Crippen LogP contribution in [0.1, 0.15) is 27.2 Å². The lowest BCUT2D eigenvalue weighted by molar-refractivity contribution is -0.134. The van der Waals surface area contributed by atoms with E-state index in [2.05, 4.69) is 15.3 Å². The van der Waals surface area contributed by atoms with Crippen molar-refractivity contribution in [1.82, 2.24) is 14.9 Å². The van der Waals surface area contributed by atoms with Gasteiger partial charge < -0.3 is 24.6 Å². The normalized spacial score (nSPS) is 11.0. The van der Waals surface area contributed by atoms with E-state index in [9.17, 15) is 26.8 Å². The molecule has 12 nitrogen and oxygen atoms in total. The van der Waals surface area contributed by atoms with Gasteiger partial charge >= 0.3 is 12.1 Å². The molecule has 0 spiro atoms. The molecular formula is C27H32F2N6O6S. The summed E-state index contributed by atoms with van der Waals surface area (Å²) >= 11 is 0. The molecule has 15 heteroatoms. The van der Waals surface area contributed by atoms with E-state index >= 15 is 0 Å². The molecule has 1 amide bonds. The molecule has 0 unspecified atom stereocenters. The van der Waals surface area contributed by atoms with Crippen molar-refractivity contribution in [1.29, 1.82) is 0 Å². The van der Waals surface area contributed by atoms with Crippen molar-refractivity contribution in [3.63, 3.8) is 0 Å². The molecule has 1 N–H and O–H groups in total. The number of anilines is 4. The van der Waals surface area contributed by atoms with Crippen LogP contribution in [0, 0.1) is 11.6 Å². The van der Waals surface area contributed by atoms with Crippen LogP contribution in [-0.4, -0.2) is 69.6 Å². The van der Waals surface area contributed by atoms with Gasteiger partial charge in [-0.15, -0.1) is 0 Å². The summed E-state index contributed by atoms with van der Waals surface area (Å²) in [6.07, 6.45) is 0.536. The van der Waals surface area contributed by atoms with Crippen molar-refractivity contribution < 1.29 is 36.3 Å². The van der Waals surface area contributed by atoms with Crippen LogP contribution < -0.4 is 24.0 Å². The Bertz CT molecular complexity index is 1570. The molecule has 0 bridgehead atoms. The number of aromatic nitrogens is 2. The molecule has 0 atom stereocenters. The Morgan fingerprint density at radius 2 is 1.67 bits per heavy atom. The molecule has 3 rings (SSSR count). The summed E-state index contributed by atoms with van der Waals surface area (Å²) in [5, 5.41) is 2.98. The van der Waals surface area contributed by atoms with Gasteiger partial charge in [0.05, 0.1) is 16.8 Å². The lowest BCUT2D eigenvalue weighted by Crippen LogP contribution is -2.29. The molecule has 0 aliphatic heterocycles. The minimum Gasteiger partial charge on any atom is -0.420 e. The Morgan fingerprint density at radius 3 is 2.26 bits per heavy atom. The number of sulfonamides is 1. The van der Waals surface area contributed by atoms with E-state index in [0.29, 0.717) is 25.2 Å². The quantitative estimate of drug-likeness (QED) is 0.245. The molecule has 0 aliphatic carbocycles. The predicted molar refractivity (Wildman–Crippen MR) is 153 cm³/mol. The van der Waals surface area contributed by atoms with Crippen LogP contribution in [-0.2, 0) is 14.8 Å². The van der Waals surface area contributed by atoms with Crippen molar-refractivity contribution in [2.45, 2.75) is 32.1 Å². The standard InChI is InChI=1S/C27H32F2N6O6S/c1-7-23(36)41-24-20(11-10-12-22(24)40-27(37)33(4)5)31-25-21(16-30-26(32-25)35(8-2)9-3)34(6)42(38,39)17-13-14-18(28)19(29)15-17/h10-16H,7-9H2,1-6H3,(H,30,31,32). The predicted octanol–water partition coefficient (Wildman–Crippen LogP) is 4.55. The monoisotopic (exact) mass is 606 g/mol. The van der Waals surface area contributed by atoms with E-state index in [1.807, 2.05) is 18.7 Å². The van der Waals surface area contributed by atoms with Crippen molar-refractivity contribution in [3.05, 3.63) is 54.2 Å². The number of hydrogen-bond acceptors (Lipinski definition) is 10. The Kier molecular flexibility index (Phi) is 10.2. The molecular weight excluding hydrogens is 574 g/mol. The largest absolute Gasteiger partial charge is 0.420 e. The van der Waals surface area contributed by atoms with Crippen LogP contribution >= 0.6 is 0 Å². The second-order valence-corrected chi connectivity index (χ2v) is 10.9. The van der Waals surface area contributed by atoms with E-state index in [1.165, 1.54) is 50.4 Å². The van der Waals surface area contributed by atoms with Crippen molar-refractivity contribution >= 4 is 45.2 Å². The molecule has 1 heterocycles. The van der Waals surface area contributed by atoms with E-state index in [0.717, 1.165) is 10.4 Å². The fraction of sp³-hybridized carbons (Fsp3) is 0.333. The zero-order chi connectivity index (χ0) is 31.2. The maximum absolute atomic E-state index is 13.9. The number of carbonyl (C=O) groups excluding carboxylic acids is 2. The zero-order valence-corrected chi connectivity index (χ0v) is 24.8. The van der Waals surface area contributed by atoms with Crippen LogP contribution in [0.15, 0.2) is 47.5 Å². The lowest BCUT2D eigenvalue weighted by Gasteiger charge is -2.25. The lowest BCUT2D eigenvalue weighted by atomic mass is 10.2. The number of carbonyl (C=O) groups is 2. The summed E-state index contributed by atoms with van der Waals surface area (Å²) in [5.41, 5.74) is 0.0454. The number of ether oxygens (including phenoxy) is 2. The zero-order valence-electron chi connectivity index (χ0n) is 24.0.